The van der Waals surface area contributed by atoms with E-state index in [1.165, 1.54) is 0 Å². The second kappa shape index (κ2) is 7.37. The number of hydrogen-bond donors (Lipinski definition) is 1. The molecule has 0 spiro atoms. The molecular formula is C21H27BN2O3. The van der Waals surface area contributed by atoms with Crippen molar-refractivity contribution in [3.63, 3.8) is 0 Å². The first-order chi connectivity index (χ1) is 12.7. The molecule has 1 aliphatic rings. The van der Waals surface area contributed by atoms with Gasteiger partial charge in [0.25, 0.3) is 0 Å². The average molecular weight is 366 g/mol. The minimum atomic E-state index is -0.402. The molecule has 1 heterocycles. The SMILES string of the molecule is CN(Cc1ccccc1)C(=O)Nc1ccc(B2OC(C)(C)C(C)(C)O2)cc1. The normalized spacial score (nSPS) is 17.6. The first kappa shape index (κ1) is 19.5. The quantitative estimate of drug-likeness (QED) is 0.841. The molecule has 6 heteroatoms. The molecule has 3 rings (SSSR count). The summed E-state index contributed by atoms with van der Waals surface area (Å²) in [5, 5.41) is 2.92. The van der Waals surface area contributed by atoms with Gasteiger partial charge in [0.15, 0.2) is 0 Å². The van der Waals surface area contributed by atoms with E-state index in [4.69, 9.17) is 9.31 Å². The number of carbonyl (C=O) groups is 1. The highest BCUT2D eigenvalue weighted by molar-refractivity contribution is 6.62. The summed E-state index contributed by atoms with van der Waals surface area (Å²) in [7, 11) is 1.38. The Kier molecular flexibility index (Phi) is 5.31. The zero-order valence-corrected chi connectivity index (χ0v) is 16.7. The van der Waals surface area contributed by atoms with Gasteiger partial charge in [-0.3, -0.25) is 0 Å². The van der Waals surface area contributed by atoms with Gasteiger partial charge in [-0.25, -0.2) is 4.79 Å². The second-order valence-electron chi connectivity index (χ2n) is 7.98. The first-order valence-corrected chi connectivity index (χ1v) is 9.20. The van der Waals surface area contributed by atoms with Crippen LogP contribution in [-0.4, -0.2) is 36.3 Å². The number of amides is 2. The monoisotopic (exact) mass is 366 g/mol. The number of hydrogen-bond acceptors (Lipinski definition) is 3. The van der Waals surface area contributed by atoms with Crippen LogP contribution in [0.4, 0.5) is 10.5 Å². The van der Waals surface area contributed by atoms with Crippen LogP contribution in [0, 0.1) is 0 Å². The summed E-state index contributed by atoms with van der Waals surface area (Å²) in [6.45, 7) is 8.68. The van der Waals surface area contributed by atoms with Gasteiger partial charge in [-0.2, -0.15) is 0 Å². The third-order valence-electron chi connectivity index (χ3n) is 5.30. The molecule has 2 aromatic rings. The van der Waals surface area contributed by atoms with Crippen molar-refractivity contribution < 1.29 is 14.1 Å². The first-order valence-electron chi connectivity index (χ1n) is 9.20. The smallest absolute Gasteiger partial charge is 0.399 e. The van der Waals surface area contributed by atoms with E-state index in [0.717, 1.165) is 16.7 Å². The van der Waals surface area contributed by atoms with E-state index in [9.17, 15) is 4.79 Å². The van der Waals surface area contributed by atoms with Crippen LogP contribution in [0.5, 0.6) is 0 Å². The Morgan fingerprint density at radius 2 is 1.52 bits per heavy atom. The average Bonchev–Trinajstić information content (AvgIpc) is 2.84. The number of nitrogens with one attached hydrogen (secondary N) is 1. The summed E-state index contributed by atoms with van der Waals surface area (Å²) in [6.07, 6.45) is 0. The molecular weight excluding hydrogens is 339 g/mol. The molecule has 1 N–H and O–H groups in total. The van der Waals surface area contributed by atoms with Gasteiger partial charge in [0.2, 0.25) is 0 Å². The van der Waals surface area contributed by atoms with Crippen LogP contribution in [-0.2, 0) is 15.9 Å². The molecule has 5 nitrogen and oxygen atoms in total. The Morgan fingerprint density at radius 3 is 2.07 bits per heavy atom. The zero-order valence-electron chi connectivity index (χ0n) is 16.7. The minimum Gasteiger partial charge on any atom is -0.399 e. The summed E-state index contributed by atoms with van der Waals surface area (Å²) in [4.78, 5) is 14.0. The molecule has 2 amide bonds. The Morgan fingerprint density at radius 1 is 0.963 bits per heavy atom. The number of carbonyl (C=O) groups excluding carboxylic acids is 1. The molecule has 1 aliphatic heterocycles. The summed E-state index contributed by atoms with van der Waals surface area (Å²) in [5.41, 5.74) is 2.02. The molecule has 0 bridgehead atoms. The number of urea groups is 1. The lowest BCUT2D eigenvalue weighted by molar-refractivity contribution is 0.00578. The van der Waals surface area contributed by atoms with Crippen molar-refractivity contribution in [2.45, 2.75) is 45.4 Å². The third kappa shape index (κ3) is 4.34. The van der Waals surface area contributed by atoms with Gasteiger partial charge in [0, 0.05) is 19.3 Å². The Labute approximate surface area is 161 Å². The predicted octanol–water partition coefficient (Wildman–Crippen LogP) is 3.65. The molecule has 2 aromatic carbocycles. The number of anilines is 1. The lowest BCUT2D eigenvalue weighted by atomic mass is 9.79. The third-order valence-corrected chi connectivity index (χ3v) is 5.30. The second-order valence-corrected chi connectivity index (χ2v) is 7.98. The maximum atomic E-state index is 12.4. The molecule has 0 atom stereocenters. The molecule has 0 aliphatic carbocycles. The van der Waals surface area contributed by atoms with E-state index < -0.39 is 7.12 Å². The molecule has 0 unspecified atom stereocenters. The Bertz CT molecular complexity index is 775. The van der Waals surface area contributed by atoms with Crippen molar-refractivity contribution >= 4 is 24.3 Å². The fourth-order valence-electron chi connectivity index (χ4n) is 2.85. The van der Waals surface area contributed by atoms with Crippen LogP contribution >= 0.6 is 0 Å². The number of benzene rings is 2. The zero-order chi connectivity index (χ0) is 19.7. The lowest BCUT2D eigenvalue weighted by Gasteiger charge is -2.32. The Balaban J connectivity index is 1.60. The summed E-state index contributed by atoms with van der Waals surface area (Å²) in [6, 6.07) is 17.3. The molecule has 27 heavy (non-hydrogen) atoms. The highest BCUT2D eigenvalue weighted by atomic mass is 16.7. The van der Waals surface area contributed by atoms with Gasteiger partial charge in [0.05, 0.1) is 11.2 Å². The van der Waals surface area contributed by atoms with Crippen LogP contribution in [0.1, 0.15) is 33.3 Å². The van der Waals surface area contributed by atoms with Gasteiger partial charge in [-0.15, -0.1) is 0 Å². The van der Waals surface area contributed by atoms with E-state index in [1.54, 1.807) is 11.9 Å². The van der Waals surface area contributed by atoms with Crippen molar-refractivity contribution in [1.29, 1.82) is 0 Å². The van der Waals surface area contributed by atoms with E-state index in [0.29, 0.717) is 6.54 Å². The fraction of sp³-hybridized carbons (Fsp3) is 0.381. The topological polar surface area (TPSA) is 50.8 Å². The number of nitrogens with zero attached hydrogens (tertiary/aromatic N) is 1. The fourth-order valence-corrected chi connectivity index (χ4v) is 2.85. The summed E-state index contributed by atoms with van der Waals surface area (Å²) in [5.74, 6) is 0. The van der Waals surface area contributed by atoms with Gasteiger partial charge >= 0.3 is 13.1 Å². The molecule has 0 saturated carbocycles. The van der Waals surface area contributed by atoms with Gasteiger partial charge in [-0.05, 0) is 50.9 Å². The summed E-state index contributed by atoms with van der Waals surface area (Å²) < 4.78 is 12.1. The van der Waals surface area contributed by atoms with Crippen molar-refractivity contribution in [2.75, 3.05) is 12.4 Å². The van der Waals surface area contributed by atoms with Gasteiger partial charge < -0.3 is 19.5 Å². The van der Waals surface area contributed by atoms with E-state index in [-0.39, 0.29) is 17.2 Å². The van der Waals surface area contributed by atoms with Crippen molar-refractivity contribution in [2.24, 2.45) is 0 Å². The van der Waals surface area contributed by atoms with Crippen molar-refractivity contribution in [1.82, 2.24) is 4.90 Å². The van der Waals surface area contributed by atoms with Gasteiger partial charge in [-0.1, -0.05) is 42.5 Å². The van der Waals surface area contributed by atoms with Crippen molar-refractivity contribution in [3.05, 3.63) is 60.2 Å². The molecule has 0 radical (unpaired) electrons. The summed E-state index contributed by atoms with van der Waals surface area (Å²) >= 11 is 0. The lowest BCUT2D eigenvalue weighted by Crippen LogP contribution is -2.41. The predicted molar refractivity (Wildman–Crippen MR) is 109 cm³/mol. The maximum absolute atomic E-state index is 12.4. The van der Waals surface area contributed by atoms with Crippen LogP contribution < -0.4 is 10.8 Å². The maximum Gasteiger partial charge on any atom is 0.494 e. The van der Waals surface area contributed by atoms with E-state index in [1.807, 2.05) is 82.3 Å². The van der Waals surface area contributed by atoms with Crippen LogP contribution in [0.15, 0.2) is 54.6 Å². The minimum absolute atomic E-state index is 0.151. The largest absolute Gasteiger partial charge is 0.494 e. The van der Waals surface area contributed by atoms with Crippen molar-refractivity contribution in [3.8, 4) is 0 Å². The van der Waals surface area contributed by atoms with E-state index >= 15 is 0 Å². The highest BCUT2D eigenvalue weighted by Gasteiger charge is 2.51. The molecule has 1 fully saturated rings. The molecule has 0 aromatic heterocycles. The van der Waals surface area contributed by atoms with Crippen LogP contribution in [0.25, 0.3) is 0 Å². The Hall–Kier alpha value is -2.31. The number of rotatable bonds is 4. The van der Waals surface area contributed by atoms with Crippen LogP contribution in [0.3, 0.4) is 0 Å². The molecule has 1 saturated heterocycles. The molecule has 142 valence electrons. The van der Waals surface area contributed by atoms with Gasteiger partial charge in [0.1, 0.15) is 0 Å². The standard InChI is InChI=1S/C21H27BN2O3/c1-20(2)21(3,4)27-22(26-20)17-11-13-18(14-12-17)23-19(25)24(5)15-16-9-7-6-8-10-16/h6-14H,15H2,1-5H3,(H,23,25). The highest BCUT2D eigenvalue weighted by Crippen LogP contribution is 2.36. The van der Waals surface area contributed by atoms with Crippen LogP contribution in [0.2, 0.25) is 0 Å². The van der Waals surface area contributed by atoms with E-state index in [2.05, 4.69) is 5.32 Å².